The highest BCUT2D eigenvalue weighted by Crippen LogP contribution is 2.29. The molecule has 29 heavy (non-hydrogen) atoms. The molecule has 0 unspecified atom stereocenters. The van der Waals surface area contributed by atoms with Crippen molar-refractivity contribution in [1.82, 2.24) is 15.0 Å². The highest BCUT2D eigenvalue weighted by atomic mass is 32.1. The Morgan fingerprint density at radius 2 is 1.97 bits per heavy atom. The van der Waals surface area contributed by atoms with E-state index in [9.17, 15) is 15.0 Å². The third kappa shape index (κ3) is 4.19. The minimum absolute atomic E-state index is 0.280. The molecule has 1 aromatic carbocycles. The minimum atomic E-state index is -0.979. The normalized spacial score (nSPS) is 23.8. The minimum Gasteiger partial charge on any atom is -0.390 e. The summed E-state index contributed by atoms with van der Waals surface area (Å²) in [6.07, 6.45) is 3.78. The number of nitrogens with one attached hydrogen (secondary N) is 1. The molecule has 0 saturated heterocycles. The third-order valence-electron chi connectivity index (χ3n) is 5.05. The van der Waals surface area contributed by atoms with E-state index in [-0.39, 0.29) is 17.3 Å². The van der Waals surface area contributed by atoms with Crippen LogP contribution in [-0.4, -0.2) is 49.2 Å². The number of rotatable bonds is 6. The van der Waals surface area contributed by atoms with Crippen LogP contribution in [0.25, 0.3) is 0 Å². The molecule has 3 aromatic rings. The van der Waals surface area contributed by atoms with Crippen molar-refractivity contribution in [3.05, 3.63) is 77.0 Å². The first-order chi connectivity index (χ1) is 14.0. The predicted octanol–water partition coefficient (Wildman–Crippen LogP) is 2.11. The second-order valence-electron chi connectivity index (χ2n) is 7.14. The largest absolute Gasteiger partial charge is 0.390 e. The van der Waals surface area contributed by atoms with Crippen molar-refractivity contribution < 1.29 is 15.0 Å². The molecule has 1 aliphatic carbocycles. The Morgan fingerprint density at radius 1 is 1.17 bits per heavy atom. The maximum absolute atomic E-state index is 13.0. The number of anilines is 1. The first-order valence-electron chi connectivity index (χ1n) is 9.32. The highest BCUT2D eigenvalue weighted by Gasteiger charge is 2.39. The first-order valence-corrected chi connectivity index (χ1v) is 10.1. The van der Waals surface area contributed by atoms with E-state index in [2.05, 4.69) is 27.2 Å². The van der Waals surface area contributed by atoms with E-state index in [4.69, 9.17) is 0 Å². The number of hydrogen-bond donors (Lipinski definition) is 3. The number of carbonyl (C=O) groups is 1. The van der Waals surface area contributed by atoms with E-state index < -0.39 is 18.2 Å². The second kappa shape index (κ2) is 8.36. The van der Waals surface area contributed by atoms with Gasteiger partial charge in [0.25, 0.3) is 0 Å². The fourth-order valence-electron chi connectivity index (χ4n) is 3.46. The molecule has 7 nitrogen and oxygen atoms in total. The van der Waals surface area contributed by atoms with Crippen LogP contribution < -0.4 is 5.32 Å². The van der Waals surface area contributed by atoms with Gasteiger partial charge in [-0.05, 0) is 24.8 Å². The molecular weight excluding hydrogens is 388 g/mol. The van der Waals surface area contributed by atoms with Crippen LogP contribution in [0.4, 0.5) is 5.82 Å². The molecule has 4 atom stereocenters. The Morgan fingerprint density at radius 3 is 2.69 bits per heavy atom. The molecule has 2 aromatic heterocycles. The number of aliphatic hydroxyl groups is 2. The van der Waals surface area contributed by atoms with Gasteiger partial charge in [0.15, 0.2) is 5.01 Å². The van der Waals surface area contributed by atoms with E-state index in [0.29, 0.717) is 23.7 Å². The maximum Gasteiger partial charge on any atom is 0.226 e. The van der Waals surface area contributed by atoms with Gasteiger partial charge in [0.2, 0.25) is 5.78 Å². The van der Waals surface area contributed by atoms with Crippen LogP contribution in [0.1, 0.15) is 32.2 Å². The fourth-order valence-corrected chi connectivity index (χ4v) is 4.36. The molecule has 0 spiro atoms. The predicted molar refractivity (Wildman–Crippen MR) is 110 cm³/mol. The van der Waals surface area contributed by atoms with Gasteiger partial charge < -0.3 is 15.5 Å². The Labute approximate surface area is 172 Å². The summed E-state index contributed by atoms with van der Waals surface area (Å²) in [6, 6.07) is 9.54. The third-order valence-corrected chi connectivity index (χ3v) is 6.05. The van der Waals surface area contributed by atoms with Crippen LogP contribution in [-0.2, 0) is 6.42 Å². The second-order valence-corrected chi connectivity index (χ2v) is 8.25. The summed E-state index contributed by atoms with van der Waals surface area (Å²) in [4.78, 5) is 26.4. The van der Waals surface area contributed by atoms with Crippen molar-refractivity contribution in [1.29, 1.82) is 0 Å². The molecule has 1 fully saturated rings. The molecular formula is C21H21N4O3S. The monoisotopic (exact) mass is 409 g/mol. The van der Waals surface area contributed by atoms with Gasteiger partial charge in [-0.2, -0.15) is 0 Å². The number of aromatic nitrogens is 3. The van der Waals surface area contributed by atoms with Crippen molar-refractivity contribution in [2.24, 2.45) is 5.92 Å². The van der Waals surface area contributed by atoms with Gasteiger partial charge >= 0.3 is 0 Å². The van der Waals surface area contributed by atoms with Crippen LogP contribution >= 0.6 is 11.3 Å². The van der Waals surface area contributed by atoms with E-state index in [0.717, 1.165) is 10.4 Å². The fraction of sp³-hybridized carbons (Fsp3) is 0.286. The van der Waals surface area contributed by atoms with Crippen LogP contribution in [0, 0.1) is 12.8 Å². The molecule has 1 saturated carbocycles. The molecule has 4 rings (SSSR count). The number of nitrogens with zero attached hydrogens (tertiary/aromatic N) is 3. The summed E-state index contributed by atoms with van der Waals surface area (Å²) in [6.45, 7) is 3.85. The van der Waals surface area contributed by atoms with Crippen LogP contribution in [0.3, 0.4) is 0 Å². The average Bonchev–Trinajstić information content (AvgIpc) is 3.29. The van der Waals surface area contributed by atoms with E-state index in [1.165, 1.54) is 23.9 Å². The van der Waals surface area contributed by atoms with Crippen LogP contribution in [0.15, 0.2) is 49.1 Å². The Hall–Kier alpha value is -2.68. The molecule has 2 heterocycles. The van der Waals surface area contributed by atoms with Gasteiger partial charge in [-0.3, -0.25) is 4.79 Å². The van der Waals surface area contributed by atoms with Crippen molar-refractivity contribution in [3.8, 4) is 0 Å². The van der Waals surface area contributed by atoms with Crippen molar-refractivity contribution in [2.75, 3.05) is 5.32 Å². The quantitative estimate of drug-likeness (QED) is 0.535. The Bertz CT molecular complexity index is 994. The lowest BCUT2D eigenvalue weighted by Gasteiger charge is -2.19. The summed E-state index contributed by atoms with van der Waals surface area (Å²) >= 11 is 1.34. The van der Waals surface area contributed by atoms with Crippen molar-refractivity contribution >= 4 is 22.9 Å². The van der Waals surface area contributed by atoms with Gasteiger partial charge in [0.1, 0.15) is 18.2 Å². The molecule has 1 radical (unpaired) electrons. The van der Waals surface area contributed by atoms with Gasteiger partial charge in [-0.25, -0.2) is 15.0 Å². The van der Waals surface area contributed by atoms with Gasteiger partial charge in [0.05, 0.1) is 17.7 Å². The number of aliphatic hydroxyl groups excluding tert-OH is 2. The number of benzene rings is 1. The maximum atomic E-state index is 13.0. The topological polar surface area (TPSA) is 108 Å². The highest BCUT2D eigenvalue weighted by molar-refractivity contribution is 7.13. The zero-order valence-electron chi connectivity index (χ0n) is 15.6. The van der Waals surface area contributed by atoms with Crippen molar-refractivity contribution in [2.45, 2.75) is 31.1 Å². The van der Waals surface area contributed by atoms with Gasteiger partial charge in [-0.15, -0.1) is 11.3 Å². The first kappa shape index (κ1) is 19.6. The summed E-state index contributed by atoms with van der Waals surface area (Å²) in [7, 11) is 0. The van der Waals surface area contributed by atoms with Crippen molar-refractivity contribution in [3.63, 3.8) is 0 Å². The average molecular weight is 409 g/mol. The van der Waals surface area contributed by atoms with E-state index in [1.807, 2.05) is 30.3 Å². The number of thiazole rings is 1. The van der Waals surface area contributed by atoms with E-state index >= 15 is 0 Å². The number of carbonyl (C=O) groups excluding carboxylic acids is 1. The molecule has 8 heteroatoms. The summed E-state index contributed by atoms with van der Waals surface area (Å²) in [5.41, 5.74) is 1.43. The molecule has 0 bridgehead atoms. The molecule has 1 aliphatic rings. The van der Waals surface area contributed by atoms with Crippen LogP contribution in [0.2, 0.25) is 0 Å². The lowest BCUT2D eigenvalue weighted by Crippen LogP contribution is -2.35. The summed E-state index contributed by atoms with van der Waals surface area (Å²) in [5, 5.41) is 23.6. The zero-order chi connectivity index (χ0) is 20.4. The lowest BCUT2D eigenvalue weighted by molar-refractivity contribution is 0.0256. The summed E-state index contributed by atoms with van der Waals surface area (Å²) < 4.78 is 0. The van der Waals surface area contributed by atoms with E-state index in [1.54, 1.807) is 6.20 Å². The zero-order valence-corrected chi connectivity index (χ0v) is 16.4. The Balaban J connectivity index is 1.53. The van der Waals surface area contributed by atoms with Gasteiger partial charge in [0, 0.05) is 23.7 Å². The number of ketones is 1. The summed E-state index contributed by atoms with van der Waals surface area (Å²) in [5.74, 6) is -0.255. The molecule has 3 N–H and O–H groups in total. The molecule has 0 amide bonds. The smallest absolute Gasteiger partial charge is 0.226 e. The Kier molecular flexibility index (Phi) is 5.66. The SMILES string of the molecule is [CH2][C@@H]1C[C@@H](Nc2ncncc2C(=O)c2ncc(Cc3ccccc3)s2)[C@H](O)[C@@H]1O. The standard InChI is InChI=1S/C21H21N4O3S/c1-12-7-16(19(28)17(12)26)25-20-15(10-22-11-24-20)18(27)21-23-9-14(29-21)8-13-5-3-2-4-6-13/h2-6,9-12,16-17,19,26,28H,1,7-8H2,(H,22,24,25)/t12-,16-,17-,19+/m1/s1. The van der Waals surface area contributed by atoms with Crippen LogP contribution in [0.5, 0.6) is 0 Å². The lowest BCUT2D eigenvalue weighted by atomic mass is 10.1. The molecule has 0 aliphatic heterocycles. The van der Waals surface area contributed by atoms with Gasteiger partial charge in [-0.1, -0.05) is 30.3 Å². The molecule has 149 valence electrons. The number of hydrogen-bond acceptors (Lipinski definition) is 8.